The lowest BCUT2D eigenvalue weighted by Gasteiger charge is -2.14. The van der Waals surface area contributed by atoms with Gasteiger partial charge in [0.1, 0.15) is 0 Å². The quantitative estimate of drug-likeness (QED) is 0.709. The maximum atomic E-state index is 12.2. The molecule has 0 aromatic heterocycles. The van der Waals surface area contributed by atoms with Crippen LogP contribution in [0.1, 0.15) is 39.0 Å². The molecular formula is C15H24O3S. The first-order valence-corrected chi connectivity index (χ1v) is 8.64. The van der Waals surface area contributed by atoms with Crippen molar-refractivity contribution in [2.24, 2.45) is 5.92 Å². The fourth-order valence-electron chi connectivity index (χ4n) is 2.12. The smallest absolute Gasteiger partial charge is 0.178 e. The summed E-state index contributed by atoms with van der Waals surface area (Å²) in [6.45, 7) is 2.08. The third-order valence-electron chi connectivity index (χ3n) is 3.28. The Labute approximate surface area is 116 Å². The summed E-state index contributed by atoms with van der Waals surface area (Å²) in [7, 11) is -3.27. The van der Waals surface area contributed by atoms with Crippen LogP contribution in [0, 0.1) is 5.92 Å². The van der Waals surface area contributed by atoms with Crippen molar-refractivity contribution in [3.8, 4) is 0 Å². The van der Waals surface area contributed by atoms with Crippen LogP contribution in [0.15, 0.2) is 35.2 Å². The Morgan fingerprint density at radius 2 is 1.79 bits per heavy atom. The molecule has 0 aliphatic heterocycles. The first-order chi connectivity index (χ1) is 9.10. The van der Waals surface area contributed by atoms with Crippen LogP contribution in [0.2, 0.25) is 0 Å². The lowest BCUT2D eigenvalue weighted by atomic mass is 10.0. The minimum atomic E-state index is -3.27. The van der Waals surface area contributed by atoms with Crippen LogP contribution in [-0.4, -0.2) is 25.9 Å². The monoisotopic (exact) mass is 284 g/mol. The van der Waals surface area contributed by atoms with Gasteiger partial charge in [-0.2, -0.15) is 0 Å². The number of aliphatic hydroxyl groups excluding tert-OH is 1. The first kappa shape index (κ1) is 16.2. The summed E-state index contributed by atoms with van der Waals surface area (Å²) >= 11 is 0. The fourth-order valence-corrected chi connectivity index (χ4v) is 3.78. The minimum Gasteiger partial charge on any atom is -0.396 e. The van der Waals surface area contributed by atoms with Gasteiger partial charge in [0.2, 0.25) is 0 Å². The molecule has 0 aliphatic carbocycles. The van der Waals surface area contributed by atoms with E-state index in [1.165, 1.54) is 6.42 Å². The molecule has 1 atom stereocenters. The molecule has 0 aliphatic rings. The maximum Gasteiger partial charge on any atom is 0.178 e. The Hall–Kier alpha value is -0.870. The topological polar surface area (TPSA) is 54.4 Å². The predicted molar refractivity (Wildman–Crippen MR) is 77.8 cm³/mol. The zero-order valence-corrected chi connectivity index (χ0v) is 12.4. The number of sulfone groups is 1. The maximum absolute atomic E-state index is 12.2. The van der Waals surface area contributed by atoms with Crippen molar-refractivity contribution in [3.05, 3.63) is 30.3 Å². The van der Waals surface area contributed by atoms with Crippen molar-refractivity contribution in [2.45, 2.75) is 43.9 Å². The van der Waals surface area contributed by atoms with Crippen molar-refractivity contribution >= 4 is 9.84 Å². The molecular weight excluding hydrogens is 260 g/mol. The van der Waals surface area contributed by atoms with Gasteiger partial charge in [-0.15, -0.1) is 0 Å². The van der Waals surface area contributed by atoms with Crippen molar-refractivity contribution in [3.63, 3.8) is 0 Å². The van der Waals surface area contributed by atoms with Crippen LogP contribution >= 0.6 is 0 Å². The highest BCUT2D eigenvalue weighted by atomic mass is 32.2. The second kappa shape index (κ2) is 8.33. The van der Waals surface area contributed by atoms with E-state index in [2.05, 4.69) is 6.92 Å². The van der Waals surface area contributed by atoms with E-state index in [0.29, 0.717) is 4.90 Å². The molecule has 0 unspecified atom stereocenters. The Bertz CT molecular complexity index is 440. The summed E-state index contributed by atoms with van der Waals surface area (Å²) in [6, 6.07) is 8.47. The van der Waals surface area contributed by atoms with Gasteiger partial charge in [0, 0.05) is 6.61 Å². The van der Waals surface area contributed by atoms with Gasteiger partial charge in [0.05, 0.1) is 10.6 Å². The number of unbranched alkanes of at least 4 members (excludes halogenated alkanes) is 3. The summed E-state index contributed by atoms with van der Waals surface area (Å²) in [4.78, 5) is 0.349. The molecule has 108 valence electrons. The fraction of sp³-hybridized carbons (Fsp3) is 0.600. The molecule has 0 radical (unpaired) electrons. The molecule has 3 nitrogen and oxygen atoms in total. The average molecular weight is 284 g/mol. The Morgan fingerprint density at radius 1 is 1.11 bits per heavy atom. The molecule has 0 heterocycles. The van der Waals surface area contributed by atoms with Gasteiger partial charge < -0.3 is 5.11 Å². The van der Waals surface area contributed by atoms with E-state index in [9.17, 15) is 13.5 Å². The molecule has 0 bridgehead atoms. The van der Waals surface area contributed by atoms with Crippen molar-refractivity contribution < 1.29 is 13.5 Å². The predicted octanol–water partition coefficient (Wildman–Crippen LogP) is 3.04. The minimum absolute atomic E-state index is 0.0413. The third kappa shape index (κ3) is 5.74. The van der Waals surface area contributed by atoms with Crippen LogP contribution < -0.4 is 0 Å². The van der Waals surface area contributed by atoms with E-state index in [1.807, 2.05) is 0 Å². The highest BCUT2D eigenvalue weighted by Crippen LogP contribution is 2.18. The molecule has 0 spiro atoms. The zero-order chi connectivity index (χ0) is 14.1. The van der Waals surface area contributed by atoms with E-state index < -0.39 is 9.84 Å². The summed E-state index contributed by atoms with van der Waals surface area (Å²) in [5.41, 5.74) is 0. The SMILES string of the molecule is CCCCCC[C@@H](CO)CS(=O)(=O)c1ccccc1. The van der Waals surface area contributed by atoms with Gasteiger partial charge in [-0.3, -0.25) is 0 Å². The van der Waals surface area contributed by atoms with Crippen LogP contribution in [0.3, 0.4) is 0 Å². The molecule has 0 saturated carbocycles. The molecule has 1 N–H and O–H groups in total. The largest absolute Gasteiger partial charge is 0.396 e. The lowest BCUT2D eigenvalue weighted by Crippen LogP contribution is -2.19. The second-order valence-electron chi connectivity index (χ2n) is 4.99. The highest BCUT2D eigenvalue weighted by Gasteiger charge is 2.20. The van der Waals surface area contributed by atoms with Crippen molar-refractivity contribution in [1.82, 2.24) is 0 Å². The molecule has 1 aromatic carbocycles. The molecule has 19 heavy (non-hydrogen) atoms. The van der Waals surface area contributed by atoms with Crippen LogP contribution in [0.25, 0.3) is 0 Å². The zero-order valence-electron chi connectivity index (χ0n) is 11.6. The Kier molecular flexibility index (Phi) is 7.10. The molecule has 0 amide bonds. The lowest BCUT2D eigenvalue weighted by molar-refractivity contribution is 0.228. The number of hydrogen-bond donors (Lipinski definition) is 1. The van der Waals surface area contributed by atoms with Crippen molar-refractivity contribution in [1.29, 1.82) is 0 Å². The van der Waals surface area contributed by atoms with Gasteiger partial charge >= 0.3 is 0 Å². The second-order valence-corrected chi connectivity index (χ2v) is 7.03. The van der Waals surface area contributed by atoms with Crippen molar-refractivity contribution in [2.75, 3.05) is 12.4 Å². The standard InChI is InChI=1S/C15H24O3S/c1-2-3-4-6-9-14(12-16)13-19(17,18)15-10-7-5-8-11-15/h5,7-8,10-11,14,16H,2-4,6,9,12-13H2,1H3/t14-/m0/s1. The number of hydrogen-bond acceptors (Lipinski definition) is 3. The molecule has 1 rings (SSSR count). The van der Waals surface area contributed by atoms with Gasteiger partial charge in [-0.1, -0.05) is 50.8 Å². The van der Waals surface area contributed by atoms with E-state index in [1.54, 1.807) is 30.3 Å². The van der Waals surface area contributed by atoms with Gasteiger partial charge in [-0.05, 0) is 24.5 Å². The average Bonchev–Trinajstić information content (AvgIpc) is 2.43. The number of rotatable bonds is 9. The van der Waals surface area contributed by atoms with E-state index in [0.717, 1.165) is 25.7 Å². The molecule has 0 saturated heterocycles. The van der Waals surface area contributed by atoms with Crippen LogP contribution in [-0.2, 0) is 9.84 Å². The molecule has 1 aromatic rings. The summed E-state index contributed by atoms with van der Waals surface area (Å²) < 4.78 is 24.4. The Balaban J connectivity index is 2.55. The Morgan fingerprint density at radius 3 is 2.37 bits per heavy atom. The van der Waals surface area contributed by atoms with E-state index in [4.69, 9.17) is 0 Å². The number of aliphatic hydroxyl groups is 1. The summed E-state index contributed by atoms with van der Waals surface area (Å²) in [5.74, 6) is -0.110. The van der Waals surface area contributed by atoms with Gasteiger partial charge in [0.25, 0.3) is 0 Å². The van der Waals surface area contributed by atoms with Crippen LogP contribution in [0.4, 0.5) is 0 Å². The van der Waals surface area contributed by atoms with E-state index >= 15 is 0 Å². The van der Waals surface area contributed by atoms with E-state index in [-0.39, 0.29) is 18.3 Å². The summed E-state index contributed by atoms with van der Waals surface area (Å²) in [5, 5.41) is 9.33. The molecule has 4 heteroatoms. The summed E-state index contributed by atoms with van der Waals surface area (Å²) in [6.07, 6.45) is 5.21. The van der Waals surface area contributed by atoms with Gasteiger partial charge in [0.15, 0.2) is 9.84 Å². The normalized spacial score (nSPS) is 13.4. The third-order valence-corrected chi connectivity index (χ3v) is 5.18. The van der Waals surface area contributed by atoms with Crippen LogP contribution in [0.5, 0.6) is 0 Å². The molecule has 0 fully saturated rings. The number of benzene rings is 1. The first-order valence-electron chi connectivity index (χ1n) is 6.98. The highest BCUT2D eigenvalue weighted by molar-refractivity contribution is 7.91. The van der Waals surface area contributed by atoms with Gasteiger partial charge in [-0.25, -0.2) is 8.42 Å².